The SMILES string of the molecule is O=C(OCC(=O)N1CCc2ccccc21)c1cccc(N2CCCC2=O)c1. The standard InChI is InChI=1S/C21H20N2O4/c24-19-9-4-11-22(19)17-7-3-6-16(13-17)21(26)27-14-20(25)23-12-10-15-5-1-2-8-18(15)23/h1-3,5-8,13H,4,9-12,14H2. The highest BCUT2D eigenvalue weighted by atomic mass is 16.5. The van der Waals surface area contributed by atoms with Gasteiger partial charge in [-0.1, -0.05) is 24.3 Å². The summed E-state index contributed by atoms with van der Waals surface area (Å²) in [7, 11) is 0. The van der Waals surface area contributed by atoms with Gasteiger partial charge < -0.3 is 14.5 Å². The number of carbonyl (C=O) groups excluding carboxylic acids is 3. The van der Waals surface area contributed by atoms with Crippen molar-refractivity contribution in [2.24, 2.45) is 0 Å². The number of ether oxygens (including phenoxy) is 1. The maximum absolute atomic E-state index is 12.5. The van der Waals surface area contributed by atoms with Gasteiger partial charge in [0.2, 0.25) is 5.91 Å². The van der Waals surface area contributed by atoms with Crippen LogP contribution in [-0.4, -0.2) is 37.5 Å². The number of amides is 2. The van der Waals surface area contributed by atoms with Crippen LogP contribution >= 0.6 is 0 Å². The van der Waals surface area contributed by atoms with Gasteiger partial charge in [-0.15, -0.1) is 0 Å². The molecule has 0 bridgehead atoms. The Morgan fingerprint density at radius 2 is 1.85 bits per heavy atom. The Bertz CT molecular complexity index is 909. The van der Waals surface area contributed by atoms with E-state index in [9.17, 15) is 14.4 Å². The van der Waals surface area contributed by atoms with Gasteiger partial charge in [0.25, 0.3) is 5.91 Å². The molecule has 2 amide bonds. The molecule has 0 aliphatic carbocycles. The van der Waals surface area contributed by atoms with Crippen molar-refractivity contribution in [2.45, 2.75) is 19.3 Å². The molecule has 138 valence electrons. The zero-order chi connectivity index (χ0) is 18.8. The molecule has 2 aliphatic rings. The summed E-state index contributed by atoms with van der Waals surface area (Å²) in [5, 5.41) is 0. The molecule has 2 aliphatic heterocycles. The van der Waals surface area contributed by atoms with Crippen LogP contribution in [0.1, 0.15) is 28.8 Å². The predicted molar refractivity (Wildman–Crippen MR) is 101 cm³/mol. The molecular formula is C21H20N2O4. The van der Waals surface area contributed by atoms with Crippen LogP contribution in [0.3, 0.4) is 0 Å². The van der Waals surface area contributed by atoms with Gasteiger partial charge in [0, 0.05) is 30.9 Å². The van der Waals surface area contributed by atoms with E-state index in [4.69, 9.17) is 4.74 Å². The molecule has 1 saturated heterocycles. The van der Waals surface area contributed by atoms with E-state index in [1.807, 2.05) is 24.3 Å². The number of rotatable bonds is 4. The van der Waals surface area contributed by atoms with Crippen LogP contribution in [0.2, 0.25) is 0 Å². The minimum atomic E-state index is -0.565. The second-order valence-corrected chi connectivity index (χ2v) is 6.70. The molecule has 0 saturated carbocycles. The Morgan fingerprint density at radius 3 is 2.67 bits per heavy atom. The molecular weight excluding hydrogens is 344 g/mol. The quantitative estimate of drug-likeness (QED) is 0.782. The van der Waals surface area contributed by atoms with Crippen LogP contribution in [-0.2, 0) is 20.7 Å². The molecule has 2 aromatic rings. The number of carbonyl (C=O) groups is 3. The van der Waals surface area contributed by atoms with Gasteiger partial charge in [-0.05, 0) is 42.7 Å². The lowest BCUT2D eigenvalue weighted by Crippen LogP contribution is -2.33. The highest BCUT2D eigenvalue weighted by Gasteiger charge is 2.26. The van der Waals surface area contributed by atoms with Crippen LogP contribution in [0.5, 0.6) is 0 Å². The first kappa shape index (κ1) is 17.3. The third-order valence-corrected chi connectivity index (χ3v) is 4.98. The Kier molecular flexibility index (Phi) is 4.62. The van der Waals surface area contributed by atoms with Crippen molar-refractivity contribution in [3.8, 4) is 0 Å². The molecule has 0 radical (unpaired) electrons. The van der Waals surface area contributed by atoms with Crippen molar-refractivity contribution in [1.29, 1.82) is 0 Å². The molecule has 0 atom stereocenters. The number of para-hydroxylation sites is 1. The molecule has 6 heteroatoms. The van der Waals surface area contributed by atoms with Crippen molar-refractivity contribution >= 4 is 29.2 Å². The second-order valence-electron chi connectivity index (χ2n) is 6.70. The molecule has 2 heterocycles. The summed E-state index contributed by atoms with van der Waals surface area (Å²) in [6.07, 6.45) is 2.15. The maximum Gasteiger partial charge on any atom is 0.338 e. The van der Waals surface area contributed by atoms with E-state index in [0.29, 0.717) is 30.8 Å². The summed E-state index contributed by atoms with van der Waals surface area (Å²) in [5.74, 6) is -0.744. The summed E-state index contributed by atoms with van der Waals surface area (Å²) in [6.45, 7) is 0.951. The third-order valence-electron chi connectivity index (χ3n) is 4.98. The van der Waals surface area contributed by atoms with E-state index >= 15 is 0 Å². The number of hydrogen-bond acceptors (Lipinski definition) is 4. The van der Waals surface area contributed by atoms with Crippen molar-refractivity contribution < 1.29 is 19.1 Å². The average molecular weight is 364 g/mol. The average Bonchev–Trinajstić information content (AvgIpc) is 3.32. The highest BCUT2D eigenvalue weighted by molar-refractivity contribution is 6.00. The lowest BCUT2D eigenvalue weighted by atomic mass is 10.2. The van der Waals surface area contributed by atoms with E-state index in [1.54, 1.807) is 34.1 Å². The van der Waals surface area contributed by atoms with Crippen molar-refractivity contribution in [1.82, 2.24) is 0 Å². The molecule has 4 rings (SSSR count). The van der Waals surface area contributed by atoms with E-state index in [1.165, 1.54) is 0 Å². The van der Waals surface area contributed by atoms with E-state index in [0.717, 1.165) is 24.1 Å². The largest absolute Gasteiger partial charge is 0.452 e. The third kappa shape index (κ3) is 3.43. The zero-order valence-electron chi connectivity index (χ0n) is 14.9. The number of nitrogens with zero attached hydrogens (tertiary/aromatic N) is 2. The summed E-state index contributed by atoms with van der Waals surface area (Å²) in [6, 6.07) is 14.5. The predicted octanol–water partition coefficient (Wildman–Crippen LogP) is 2.56. The number of anilines is 2. The van der Waals surface area contributed by atoms with Crippen LogP contribution in [0.15, 0.2) is 48.5 Å². The Hall–Kier alpha value is -3.15. The van der Waals surface area contributed by atoms with Gasteiger partial charge in [-0.25, -0.2) is 4.79 Å². The first-order valence-electron chi connectivity index (χ1n) is 9.09. The van der Waals surface area contributed by atoms with Gasteiger partial charge in [0.1, 0.15) is 0 Å². The van der Waals surface area contributed by atoms with Crippen LogP contribution in [0.4, 0.5) is 11.4 Å². The van der Waals surface area contributed by atoms with Crippen LogP contribution in [0, 0.1) is 0 Å². The summed E-state index contributed by atoms with van der Waals surface area (Å²) in [5.41, 5.74) is 3.03. The summed E-state index contributed by atoms with van der Waals surface area (Å²) >= 11 is 0. The molecule has 6 nitrogen and oxygen atoms in total. The molecule has 27 heavy (non-hydrogen) atoms. The number of fused-ring (bicyclic) bond motifs is 1. The summed E-state index contributed by atoms with van der Waals surface area (Å²) in [4.78, 5) is 40.0. The minimum absolute atomic E-state index is 0.0587. The van der Waals surface area contributed by atoms with Gasteiger partial charge >= 0.3 is 5.97 Å². The topological polar surface area (TPSA) is 66.9 Å². The molecule has 0 aromatic heterocycles. The van der Waals surface area contributed by atoms with E-state index in [-0.39, 0.29) is 18.4 Å². The van der Waals surface area contributed by atoms with Gasteiger partial charge in [0.15, 0.2) is 6.61 Å². The van der Waals surface area contributed by atoms with Crippen molar-refractivity contribution in [3.63, 3.8) is 0 Å². The maximum atomic E-state index is 12.5. The van der Waals surface area contributed by atoms with E-state index in [2.05, 4.69) is 0 Å². The first-order valence-corrected chi connectivity index (χ1v) is 9.09. The fourth-order valence-corrected chi connectivity index (χ4v) is 3.61. The van der Waals surface area contributed by atoms with Gasteiger partial charge in [-0.3, -0.25) is 9.59 Å². The fourth-order valence-electron chi connectivity index (χ4n) is 3.61. The molecule has 2 aromatic carbocycles. The highest BCUT2D eigenvalue weighted by Crippen LogP contribution is 2.27. The van der Waals surface area contributed by atoms with Crippen LogP contribution < -0.4 is 9.80 Å². The van der Waals surface area contributed by atoms with Gasteiger partial charge in [0.05, 0.1) is 5.56 Å². The number of hydrogen-bond donors (Lipinski definition) is 0. The number of esters is 1. The van der Waals surface area contributed by atoms with E-state index < -0.39 is 5.97 Å². The zero-order valence-corrected chi connectivity index (χ0v) is 14.9. The molecule has 1 fully saturated rings. The summed E-state index contributed by atoms with van der Waals surface area (Å²) < 4.78 is 5.23. The second kappa shape index (κ2) is 7.23. The minimum Gasteiger partial charge on any atom is -0.452 e. The van der Waals surface area contributed by atoms with Crippen molar-refractivity contribution in [2.75, 3.05) is 29.5 Å². The molecule has 0 unspecified atom stereocenters. The molecule has 0 spiro atoms. The smallest absolute Gasteiger partial charge is 0.338 e. The number of benzene rings is 2. The Labute approximate surface area is 157 Å². The first-order chi connectivity index (χ1) is 13.1. The Morgan fingerprint density at radius 1 is 1.00 bits per heavy atom. The van der Waals surface area contributed by atoms with Crippen LogP contribution in [0.25, 0.3) is 0 Å². The fraction of sp³-hybridized carbons (Fsp3) is 0.286. The lowest BCUT2D eigenvalue weighted by molar-refractivity contribution is -0.121. The normalized spacial score (nSPS) is 15.8. The Balaban J connectivity index is 1.40. The lowest BCUT2D eigenvalue weighted by Gasteiger charge is -2.18. The monoisotopic (exact) mass is 364 g/mol. The van der Waals surface area contributed by atoms with Crippen molar-refractivity contribution in [3.05, 3.63) is 59.7 Å². The molecule has 0 N–H and O–H groups in total. The van der Waals surface area contributed by atoms with Gasteiger partial charge in [-0.2, -0.15) is 0 Å².